The van der Waals surface area contributed by atoms with Crippen LogP contribution >= 0.6 is 0 Å². The lowest BCUT2D eigenvalue weighted by molar-refractivity contribution is 0.0526. The largest absolute Gasteiger partial charge is 0.496 e. The van der Waals surface area contributed by atoms with Gasteiger partial charge < -0.3 is 9.47 Å². The van der Waals surface area contributed by atoms with Crippen LogP contribution in [0.2, 0.25) is 0 Å². The zero-order chi connectivity index (χ0) is 18.4. The summed E-state index contributed by atoms with van der Waals surface area (Å²) >= 11 is 0. The molecule has 0 fully saturated rings. The number of carbonyl (C=O) groups is 1. The fourth-order valence-electron chi connectivity index (χ4n) is 2.32. The van der Waals surface area contributed by atoms with Crippen LogP contribution in [0.25, 0.3) is 0 Å². The first kappa shape index (κ1) is 19.0. The van der Waals surface area contributed by atoms with E-state index in [4.69, 9.17) is 9.47 Å². The van der Waals surface area contributed by atoms with E-state index in [1.807, 2.05) is 18.2 Å². The van der Waals surface area contributed by atoms with E-state index >= 15 is 0 Å². The van der Waals surface area contributed by atoms with Gasteiger partial charge in [-0.2, -0.15) is 4.31 Å². The SMILES string of the molecule is CCOC(=O)c1ccc(S(=O)(=O)N(C)Cc2ccccc2OC)cc1. The van der Waals surface area contributed by atoms with Gasteiger partial charge in [0.05, 0.1) is 24.2 Å². The average Bonchev–Trinajstić information content (AvgIpc) is 2.62. The van der Waals surface area contributed by atoms with Crippen LogP contribution in [0.5, 0.6) is 5.75 Å². The summed E-state index contributed by atoms with van der Waals surface area (Å²) in [6.07, 6.45) is 0. The van der Waals surface area contributed by atoms with Crippen LogP contribution in [0.3, 0.4) is 0 Å². The molecule has 0 radical (unpaired) electrons. The van der Waals surface area contributed by atoms with E-state index in [1.54, 1.807) is 20.1 Å². The predicted molar refractivity (Wildman–Crippen MR) is 94.0 cm³/mol. The van der Waals surface area contributed by atoms with Crippen molar-refractivity contribution < 1.29 is 22.7 Å². The summed E-state index contributed by atoms with van der Waals surface area (Å²) in [6.45, 7) is 2.15. The van der Waals surface area contributed by atoms with E-state index in [9.17, 15) is 13.2 Å². The van der Waals surface area contributed by atoms with E-state index in [1.165, 1.54) is 35.6 Å². The highest BCUT2D eigenvalue weighted by Crippen LogP contribution is 2.22. The van der Waals surface area contributed by atoms with E-state index in [0.717, 1.165) is 5.56 Å². The molecular formula is C18H21NO5S. The number of rotatable bonds is 7. The van der Waals surface area contributed by atoms with Crippen LogP contribution in [0.15, 0.2) is 53.4 Å². The van der Waals surface area contributed by atoms with Gasteiger partial charge in [0, 0.05) is 19.2 Å². The van der Waals surface area contributed by atoms with Crippen LogP contribution in [0.1, 0.15) is 22.8 Å². The molecule has 134 valence electrons. The second-order valence-electron chi connectivity index (χ2n) is 5.32. The van der Waals surface area contributed by atoms with Crippen molar-refractivity contribution in [2.24, 2.45) is 0 Å². The summed E-state index contributed by atoms with van der Waals surface area (Å²) < 4.78 is 36.8. The number of methoxy groups -OCH3 is 1. The molecule has 0 aromatic heterocycles. The first-order valence-electron chi connectivity index (χ1n) is 7.75. The molecular weight excluding hydrogens is 342 g/mol. The zero-order valence-electron chi connectivity index (χ0n) is 14.4. The monoisotopic (exact) mass is 363 g/mol. The standard InChI is InChI=1S/C18H21NO5S/c1-4-24-18(20)14-9-11-16(12-10-14)25(21,22)19(2)13-15-7-5-6-8-17(15)23-3/h5-12H,4,13H2,1-3H3. The Morgan fingerprint density at radius 3 is 2.32 bits per heavy atom. The fourth-order valence-corrected chi connectivity index (χ4v) is 3.46. The summed E-state index contributed by atoms with van der Waals surface area (Å²) in [5, 5.41) is 0. The predicted octanol–water partition coefficient (Wildman–Crippen LogP) is 2.69. The van der Waals surface area contributed by atoms with E-state index in [-0.39, 0.29) is 18.0 Å². The summed E-state index contributed by atoms with van der Waals surface area (Å²) in [4.78, 5) is 11.8. The second kappa shape index (κ2) is 8.13. The zero-order valence-corrected chi connectivity index (χ0v) is 15.2. The molecule has 0 saturated carbocycles. The maximum absolute atomic E-state index is 12.7. The van der Waals surface area contributed by atoms with Crippen molar-refractivity contribution >= 4 is 16.0 Å². The highest BCUT2D eigenvalue weighted by Gasteiger charge is 2.22. The van der Waals surface area contributed by atoms with Crippen LogP contribution in [-0.4, -0.2) is 39.5 Å². The number of benzene rings is 2. The van der Waals surface area contributed by atoms with Gasteiger partial charge in [-0.15, -0.1) is 0 Å². The number of para-hydroxylation sites is 1. The molecule has 0 heterocycles. The maximum atomic E-state index is 12.7. The quantitative estimate of drug-likeness (QED) is 0.707. The minimum atomic E-state index is -3.69. The third-order valence-corrected chi connectivity index (χ3v) is 5.48. The molecule has 0 amide bonds. The highest BCUT2D eigenvalue weighted by molar-refractivity contribution is 7.89. The smallest absolute Gasteiger partial charge is 0.338 e. The summed E-state index contributed by atoms with van der Waals surface area (Å²) in [6, 6.07) is 12.9. The van der Waals surface area contributed by atoms with Crippen molar-refractivity contribution in [2.75, 3.05) is 20.8 Å². The molecule has 25 heavy (non-hydrogen) atoms. The van der Waals surface area contributed by atoms with Crippen molar-refractivity contribution in [3.8, 4) is 5.75 Å². The third kappa shape index (κ3) is 4.37. The molecule has 0 spiro atoms. The van der Waals surface area contributed by atoms with E-state index < -0.39 is 16.0 Å². The number of hydrogen-bond donors (Lipinski definition) is 0. The van der Waals surface area contributed by atoms with Gasteiger partial charge >= 0.3 is 5.97 Å². The van der Waals surface area contributed by atoms with Gasteiger partial charge in [0.25, 0.3) is 0 Å². The van der Waals surface area contributed by atoms with Crippen molar-refractivity contribution in [3.05, 3.63) is 59.7 Å². The molecule has 6 nitrogen and oxygen atoms in total. The second-order valence-corrected chi connectivity index (χ2v) is 7.36. The minimum absolute atomic E-state index is 0.109. The van der Waals surface area contributed by atoms with Gasteiger partial charge in [-0.1, -0.05) is 18.2 Å². The number of ether oxygens (including phenoxy) is 2. The average molecular weight is 363 g/mol. The van der Waals surface area contributed by atoms with Crippen LogP contribution < -0.4 is 4.74 Å². The van der Waals surface area contributed by atoms with E-state index in [2.05, 4.69) is 0 Å². The molecule has 0 N–H and O–H groups in total. The molecule has 0 aliphatic rings. The maximum Gasteiger partial charge on any atom is 0.338 e. The van der Waals surface area contributed by atoms with Crippen molar-refractivity contribution in [3.63, 3.8) is 0 Å². The normalized spacial score (nSPS) is 11.4. The van der Waals surface area contributed by atoms with E-state index in [0.29, 0.717) is 11.3 Å². The Morgan fingerprint density at radius 1 is 1.08 bits per heavy atom. The molecule has 0 unspecified atom stereocenters. The van der Waals surface area contributed by atoms with Gasteiger partial charge in [-0.25, -0.2) is 13.2 Å². The Morgan fingerprint density at radius 2 is 1.72 bits per heavy atom. The van der Waals surface area contributed by atoms with Gasteiger partial charge in [0.2, 0.25) is 10.0 Å². The number of nitrogens with zero attached hydrogens (tertiary/aromatic N) is 1. The lowest BCUT2D eigenvalue weighted by Crippen LogP contribution is -2.26. The minimum Gasteiger partial charge on any atom is -0.496 e. The highest BCUT2D eigenvalue weighted by atomic mass is 32.2. The molecule has 0 atom stereocenters. The Hall–Kier alpha value is -2.38. The molecule has 7 heteroatoms. The van der Waals surface area contributed by atoms with Crippen LogP contribution in [0.4, 0.5) is 0 Å². The van der Waals surface area contributed by atoms with Gasteiger partial charge in [-0.3, -0.25) is 0 Å². The molecule has 0 aliphatic carbocycles. The third-order valence-electron chi connectivity index (χ3n) is 3.66. The molecule has 2 aromatic rings. The summed E-state index contributed by atoms with van der Waals surface area (Å²) in [7, 11) is -0.647. The number of sulfonamides is 1. The van der Waals surface area contributed by atoms with Gasteiger partial charge in [0.1, 0.15) is 5.75 Å². The molecule has 0 bridgehead atoms. The van der Waals surface area contributed by atoms with Crippen molar-refractivity contribution in [1.29, 1.82) is 0 Å². The van der Waals surface area contributed by atoms with Gasteiger partial charge in [0.15, 0.2) is 0 Å². The molecule has 2 rings (SSSR count). The summed E-state index contributed by atoms with van der Waals surface area (Å²) in [5.74, 6) is 0.149. The van der Waals surface area contributed by atoms with Gasteiger partial charge in [-0.05, 0) is 37.3 Å². The van der Waals surface area contributed by atoms with Crippen LogP contribution in [-0.2, 0) is 21.3 Å². The summed E-state index contributed by atoms with van der Waals surface area (Å²) in [5.41, 5.74) is 1.08. The van der Waals surface area contributed by atoms with Crippen LogP contribution in [0, 0.1) is 0 Å². The lowest BCUT2D eigenvalue weighted by Gasteiger charge is -2.19. The molecule has 0 saturated heterocycles. The number of hydrogen-bond acceptors (Lipinski definition) is 5. The molecule has 2 aromatic carbocycles. The fraction of sp³-hybridized carbons (Fsp3) is 0.278. The topological polar surface area (TPSA) is 72.9 Å². The van der Waals surface area contributed by atoms with Crippen molar-refractivity contribution in [2.45, 2.75) is 18.4 Å². The Bertz CT molecular complexity index is 831. The number of esters is 1. The lowest BCUT2D eigenvalue weighted by atomic mass is 10.2. The first-order valence-corrected chi connectivity index (χ1v) is 9.19. The Balaban J connectivity index is 2.21. The Kier molecular flexibility index (Phi) is 6.17. The molecule has 0 aliphatic heterocycles. The van der Waals surface area contributed by atoms with Crippen molar-refractivity contribution in [1.82, 2.24) is 4.31 Å². The Labute approximate surface area is 148 Å². The number of carbonyl (C=O) groups excluding carboxylic acids is 1. The first-order chi connectivity index (χ1) is 11.9.